The smallest absolute Gasteiger partial charge is 0.268 e. The van der Waals surface area contributed by atoms with Crippen LogP contribution in [0.4, 0.5) is 0 Å². The molecule has 10 heteroatoms. The number of carbonyl (C=O) groups excluding carboxylic acids is 2. The van der Waals surface area contributed by atoms with Crippen LogP contribution in [0.1, 0.15) is 52.7 Å². The number of hydrogen-bond acceptors (Lipinski definition) is 3. The van der Waals surface area contributed by atoms with E-state index in [4.69, 9.17) is 23.2 Å². The molecule has 2 amide bonds. The Kier molecular flexibility index (Phi) is 5.38. The first-order valence-corrected chi connectivity index (χ1v) is 13.7. The summed E-state index contributed by atoms with van der Waals surface area (Å²) in [6, 6.07) is 14.7. The van der Waals surface area contributed by atoms with Crippen molar-refractivity contribution in [2.45, 2.75) is 43.8 Å². The van der Waals surface area contributed by atoms with Crippen molar-refractivity contribution in [1.82, 2.24) is 30.4 Å². The summed E-state index contributed by atoms with van der Waals surface area (Å²) in [7, 11) is 0. The molecule has 0 aliphatic heterocycles. The van der Waals surface area contributed by atoms with Crippen molar-refractivity contribution >= 4 is 56.8 Å². The minimum absolute atomic E-state index is 0.132. The number of fused-ring (bicyclic) bond motifs is 2. The molecule has 2 unspecified atom stereocenters. The number of carbonyl (C=O) groups is 2. The Bertz CT molecular complexity index is 1780. The second-order valence-corrected chi connectivity index (χ2v) is 12.0. The fourth-order valence-electron chi connectivity index (χ4n) is 5.48. The first kappa shape index (κ1) is 24.3. The van der Waals surface area contributed by atoms with E-state index in [2.05, 4.69) is 32.6 Å². The highest BCUT2D eigenvalue weighted by molar-refractivity contribution is 6.31. The third-order valence-electron chi connectivity index (χ3n) is 8.16. The number of H-pyrrole nitrogens is 2. The van der Waals surface area contributed by atoms with Gasteiger partial charge in [0.2, 0.25) is 0 Å². The van der Waals surface area contributed by atoms with Crippen LogP contribution >= 0.6 is 23.2 Å². The Balaban J connectivity index is 0.992. The summed E-state index contributed by atoms with van der Waals surface area (Å²) in [5.74, 6) is -0.0207. The van der Waals surface area contributed by atoms with E-state index in [0.717, 1.165) is 46.6 Å². The first-order chi connectivity index (χ1) is 18.7. The molecule has 3 heterocycles. The van der Waals surface area contributed by atoms with Gasteiger partial charge in [-0.2, -0.15) is 5.10 Å². The van der Waals surface area contributed by atoms with Crippen LogP contribution in [0, 0.1) is 5.92 Å². The molecule has 0 bridgehead atoms. The van der Waals surface area contributed by atoms with Crippen LogP contribution in [-0.2, 0) is 12.1 Å². The topological polar surface area (TPSA) is 108 Å². The first-order valence-electron chi connectivity index (χ1n) is 12.9. The van der Waals surface area contributed by atoms with Crippen molar-refractivity contribution in [1.29, 1.82) is 0 Å². The van der Waals surface area contributed by atoms with Crippen LogP contribution in [0.15, 0.2) is 60.9 Å². The molecular formula is C29H26Cl2N6O2. The zero-order valence-corrected chi connectivity index (χ0v) is 22.7. The fraction of sp³-hybridized carbons (Fsp3) is 0.276. The molecule has 198 valence electrons. The van der Waals surface area contributed by atoms with Gasteiger partial charge in [0, 0.05) is 61.6 Å². The van der Waals surface area contributed by atoms with Gasteiger partial charge >= 0.3 is 0 Å². The van der Waals surface area contributed by atoms with E-state index in [1.807, 2.05) is 53.5 Å². The Morgan fingerprint density at radius 1 is 0.949 bits per heavy atom. The zero-order valence-electron chi connectivity index (χ0n) is 21.1. The number of amides is 2. The summed E-state index contributed by atoms with van der Waals surface area (Å²) >= 11 is 12.2. The summed E-state index contributed by atoms with van der Waals surface area (Å²) in [6.07, 6.45) is 6.45. The van der Waals surface area contributed by atoms with Crippen molar-refractivity contribution in [2.24, 2.45) is 5.92 Å². The minimum Gasteiger partial charge on any atom is -0.351 e. The number of nitrogens with one attached hydrogen (secondary N) is 4. The lowest BCUT2D eigenvalue weighted by Crippen LogP contribution is -2.37. The number of nitrogens with zero attached hydrogens (tertiary/aromatic N) is 2. The molecule has 0 spiro atoms. The maximum Gasteiger partial charge on any atom is 0.268 e. The van der Waals surface area contributed by atoms with Crippen molar-refractivity contribution < 1.29 is 9.59 Å². The average molecular weight is 561 g/mol. The highest BCUT2D eigenvalue weighted by atomic mass is 35.5. The molecule has 0 saturated heterocycles. The quantitative estimate of drug-likeness (QED) is 0.202. The van der Waals surface area contributed by atoms with Gasteiger partial charge < -0.3 is 20.6 Å². The van der Waals surface area contributed by atoms with Gasteiger partial charge in [-0.3, -0.25) is 14.3 Å². The average Bonchev–Trinajstić information content (AvgIpc) is 3.50. The van der Waals surface area contributed by atoms with E-state index in [9.17, 15) is 9.59 Å². The van der Waals surface area contributed by atoms with Crippen molar-refractivity contribution in [3.63, 3.8) is 0 Å². The summed E-state index contributed by atoms with van der Waals surface area (Å²) in [6.45, 7) is 2.75. The Morgan fingerprint density at radius 2 is 1.54 bits per heavy atom. The summed E-state index contributed by atoms with van der Waals surface area (Å²) < 4.78 is 1.92. The molecule has 2 aromatic carbocycles. The van der Waals surface area contributed by atoms with Crippen molar-refractivity contribution in [3.05, 3.63) is 87.9 Å². The number of hydrogen-bond donors (Lipinski definition) is 4. The van der Waals surface area contributed by atoms with Crippen molar-refractivity contribution in [3.8, 4) is 0 Å². The van der Waals surface area contributed by atoms with Crippen LogP contribution in [-0.4, -0.2) is 37.1 Å². The lowest BCUT2D eigenvalue weighted by Gasteiger charge is -2.15. The maximum atomic E-state index is 13.0. The Morgan fingerprint density at radius 3 is 2.13 bits per heavy atom. The highest BCUT2D eigenvalue weighted by Gasteiger charge is 2.52. The van der Waals surface area contributed by atoms with Crippen LogP contribution in [0.25, 0.3) is 21.8 Å². The maximum absolute atomic E-state index is 13.0. The van der Waals surface area contributed by atoms with Gasteiger partial charge in [0.25, 0.3) is 11.8 Å². The van der Waals surface area contributed by atoms with Gasteiger partial charge in [-0.25, -0.2) is 0 Å². The summed E-state index contributed by atoms with van der Waals surface area (Å²) in [5.41, 5.74) is 3.07. The van der Waals surface area contributed by atoms with Crippen LogP contribution in [0.3, 0.4) is 0 Å². The molecule has 8 nitrogen and oxygen atoms in total. The highest BCUT2D eigenvalue weighted by Crippen LogP contribution is 2.47. The second kappa shape index (κ2) is 8.63. The molecule has 5 aromatic rings. The summed E-state index contributed by atoms with van der Waals surface area (Å²) in [5, 5.41) is 14.1. The molecule has 2 fully saturated rings. The van der Waals surface area contributed by atoms with Crippen molar-refractivity contribution in [2.75, 3.05) is 0 Å². The third kappa shape index (κ3) is 4.47. The van der Waals surface area contributed by atoms with E-state index in [-0.39, 0.29) is 23.3 Å². The number of halogens is 2. The second-order valence-electron chi connectivity index (χ2n) is 11.1. The number of aromatic amines is 2. The lowest BCUT2D eigenvalue weighted by molar-refractivity contribution is 0.0918. The van der Waals surface area contributed by atoms with Gasteiger partial charge in [0.05, 0.1) is 11.7 Å². The van der Waals surface area contributed by atoms with E-state index in [1.165, 1.54) is 0 Å². The monoisotopic (exact) mass is 560 g/mol. The number of rotatable bonds is 7. The lowest BCUT2D eigenvalue weighted by atomic mass is 10.1. The molecule has 7 rings (SSSR count). The van der Waals surface area contributed by atoms with Gasteiger partial charge in [-0.1, -0.05) is 23.2 Å². The molecule has 2 saturated carbocycles. The molecule has 2 atom stereocenters. The number of aromatic nitrogens is 4. The predicted octanol–water partition coefficient (Wildman–Crippen LogP) is 5.78. The Hall–Kier alpha value is -3.75. The van der Waals surface area contributed by atoms with Crippen LogP contribution in [0.2, 0.25) is 10.0 Å². The van der Waals surface area contributed by atoms with Gasteiger partial charge in [-0.15, -0.1) is 0 Å². The van der Waals surface area contributed by atoms with E-state index < -0.39 is 5.54 Å². The summed E-state index contributed by atoms with van der Waals surface area (Å²) in [4.78, 5) is 32.3. The third-order valence-corrected chi connectivity index (χ3v) is 8.63. The normalized spacial score (nSPS) is 21.3. The molecule has 3 aromatic heterocycles. The largest absolute Gasteiger partial charge is 0.351 e. The minimum atomic E-state index is -0.399. The standard InChI is InChI=1S/C29H26Cl2N6O2/c1-28(35-26(38)24-10-16-8-20(30)2-4-22(16)33-24)12-18(28)14-37-15-19(13-32-37)29(6-7-29)36-27(39)25-11-17-9-21(31)3-5-23(17)34-25/h2-5,8-11,13,15,18,33-34H,6-7,12,14H2,1H3,(H,35,38)(H,36,39). The van der Waals surface area contributed by atoms with Gasteiger partial charge in [0.1, 0.15) is 11.4 Å². The van der Waals surface area contributed by atoms with E-state index in [0.29, 0.717) is 28.0 Å². The molecular weight excluding hydrogens is 535 g/mol. The van der Waals surface area contributed by atoms with Gasteiger partial charge in [-0.05, 0) is 74.7 Å². The molecule has 0 radical (unpaired) electrons. The molecule has 2 aliphatic carbocycles. The number of benzene rings is 2. The van der Waals surface area contributed by atoms with E-state index in [1.54, 1.807) is 12.1 Å². The zero-order chi connectivity index (χ0) is 26.9. The molecule has 39 heavy (non-hydrogen) atoms. The predicted molar refractivity (Wildman–Crippen MR) is 151 cm³/mol. The van der Waals surface area contributed by atoms with E-state index >= 15 is 0 Å². The van der Waals surface area contributed by atoms with Crippen LogP contribution in [0.5, 0.6) is 0 Å². The van der Waals surface area contributed by atoms with Gasteiger partial charge in [0.15, 0.2) is 0 Å². The fourth-order valence-corrected chi connectivity index (χ4v) is 5.84. The Labute approximate surface area is 234 Å². The molecule has 4 N–H and O–H groups in total. The molecule has 2 aliphatic rings. The SMILES string of the molecule is CC1(NC(=O)c2cc3cc(Cl)ccc3[nH]2)CC1Cn1cc(C2(NC(=O)c3cc4cc(Cl)ccc4[nH]3)CC2)cn1. The van der Waals surface area contributed by atoms with Crippen LogP contribution < -0.4 is 10.6 Å².